The van der Waals surface area contributed by atoms with Crippen molar-refractivity contribution in [1.82, 2.24) is 4.90 Å². The largest absolute Gasteiger partial charge is 0.508 e. The smallest absolute Gasteiger partial charge is 0.255 e. The van der Waals surface area contributed by atoms with Crippen LogP contribution in [0.1, 0.15) is 28.9 Å². The summed E-state index contributed by atoms with van der Waals surface area (Å²) in [4.78, 5) is 14.1. The Morgan fingerprint density at radius 3 is 2.48 bits per heavy atom. The highest BCUT2D eigenvalue weighted by Gasteiger charge is 2.22. The number of phenols is 1. The Labute approximate surface area is 133 Å². The Morgan fingerprint density at radius 1 is 1.14 bits per heavy atom. The van der Waals surface area contributed by atoms with Gasteiger partial charge in [0.2, 0.25) is 0 Å². The zero-order valence-corrected chi connectivity index (χ0v) is 13.2. The van der Waals surface area contributed by atoms with Crippen LogP contribution >= 0.6 is 23.2 Å². The van der Waals surface area contributed by atoms with Crippen LogP contribution in [0.5, 0.6) is 5.75 Å². The number of hydrogen-bond donors (Lipinski definition) is 1. The Bertz CT molecular complexity index is 673. The van der Waals surface area contributed by atoms with E-state index in [1.54, 1.807) is 18.0 Å². The van der Waals surface area contributed by atoms with E-state index in [1.165, 1.54) is 18.2 Å². The third-order valence-corrected chi connectivity index (χ3v) is 4.11. The summed E-state index contributed by atoms with van der Waals surface area (Å²) in [5.41, 5.74) is 1.12. The fourth-order valence-corrected chi connectivity index (χ4v) is 2.56. The highest BCUT2D eigenvalue weighted by atomic mass is 35.5. The molecule has 0 aromatic heterocycles. The molecule has 1 unspecified atom stereocenters. The highest BCUT2D eigenvalue weighted by Crippen LogP contribution is 2.29. The Hall–Kier alpha value is -1.71. The zero-order valence-electron chi connectivity index (χ0n) is 11.7. The van der Waals surface area contributed by atoms with E-state index in [-0.39, 0.29) is 23.3 Å². The van der Waals surface area contributed by atoms with E-state index in [0.29, 0.717) is 10.0 Å². The van der Waals surface area contributed by atoms with Gasteiger partial charge in [0.15, 0.2) is 0 Å². The molecular formula is C16H15Cl2NO2. The minimum atomic E-state index is -0.275. The van der Waals surface area contributed by atoms with Crippen LogP contribution in [0.15, 0.2) is 42.5 Å². The molecule has 0 saturated heterocycles. The van der Waals surface area contributed by atoms with Crippen molar-refractivity contribution in [2.24, 2.45) is 0 Å². The topological polar surface area (TPSA) is 40.5 Å². The Balaban J connectivity index is 2.31. The normalized spacial score (nSPS) is 12.0. The predicted molar refractivity (Wildman–Crippen MR) is 85.1 cm³/mol. The van der Waals surface area contributed by atoms with Gasteiger partial charge >= 0.3 is 0 Å². The molecule has 0 bridgehead atoms. The summed E-state index contributed by atoms with van der Waals surface area (Å²) in [5, 5.41) is 10.4. The monoisotopic (exact) mass is 323 g/mol. The first-order chi connectivity index (χ1) is 9.91. The van der Waals surface area contributed by atoms with Crippen LogP contribution in [0.3, 0.4) is 0 Å². The van der Waals surface area contributed by atoms with Crippen LogP contribution < -0.4 is 0 Å². The second-order valence-electron chi connectivity index (χ2n) is 4.78. The van der Waals surface area contributed by atoms with E-state index in [9.17, 15) is 9.90 Å². The Morgan fingerprint density at radius 2 is 1.81 bits per heavy atom. The first-order valence-corrected chi connectivity index (χ1v) is 7.17. The van der Waals surface area contributed by atoms with Crippen LogP contribution in [0.25, 0.3) is 0 Å². The Kier molecular flexibility index (Phi) is 4.76. The standard InChI is InChI=1S/C16H15Cl2NO2/c1-10(12-5-3-4-6-14(12)17)19(2)16(21)13-9-11(20)7-8-15(13)18/h3-10,20H,1-2H3. The molecule has 1 amide bonds. The lowest BCUT2D eigenvalue weighted by Crippen LogP contribution is -2.30. The molecule has 21 heavy (non-hydrogen) atoms. The number of carbonyl (C=O) groups is 1. The number of phenolic OH excluding ortho intramolecular Hbond substituents is 1. The lowest BCUT2D eigenvalue weighted by atomic mass is 10.1. The molecule has 2 rings (SSSR count). The lowest BCUT2D eigenvalue weighted by Gasteiger charge is -2.26. The summed E-state index contributed by atoms with van der Waals surface area (Å²) in [5.74, 6) is -0.273. The van der Waals surface area contributed by atoms with Gasteiger partial charge in [-0.25, -0.2) is 0 Å². The van der Waals surface area contributed by atoms with E-state index >= 15 is 0 Å². The van der Waals surface area contributed by atoms with Gasteiger partial charge in [-0.1, -0.05) is 41.4 Å². The van der Waals surface area contributed by atoms with E-state index in [0.717, 1.165) is 5.56 Å². The van der Waals surface area contributed by atoms with Gasteiger partial charge in [0.05, 0.1) is 16.6 Å². The molecule has 0 saturated carbocycles. The van der Waals surface area contributed by atoms with Gasteiger partial charge in [-0.05, 0) is 36.8 Å². The quantitative estimate of drug-likeness (QED) is 0.901. The van der Waals surface area contributed by atoms with Crippen molar-refractivity contribution in [1.29, 1.82) is 0 Å². The number of benzene rings is 2. The molecule has 5 heteroatoms. The fraction of sp³-hybridized carbons (Fsp3) is 0.188. The average Bonchev–Trinajstić information content (AvgIpc) is 2.48. The predicted octanol–water partition coefficient (Wildman–Crippen LogP) is 4.53. The molecule has 0 heterocycles. The number of rotatable bonds is 3. The molecule has 110 valence electrons. The van der Waals surface area contributed by atoms with Crippen molar-refractivity contribution in [2.45, 2.75) is 13.0 Å². The van der Waals surface area contributed by atoms with Crippen molar-refractivity contribution in [2.75, 3.05) is 7.05 Å². The van der Waals surface area contributed by atoms with E-state index in [1.807, 2.05) is 25.1 Å². The van der Waals surface area contributed by atoms with Crippen LogP contribution in [0.4, 0.5) is 0 Å². The molecule has 0 aliphatic heterocycles. The fourth-order valence-electron chi connectivity index (χ4n) is 2.07. The van der Waals surface area contributed by atoms with Crippen LogP contribution in [-0.2, 0) is 0 Å². The first-order valence-electron chi connectivity index (χ1n) is 6.42. The average molecular weight is 324 g/mol. The summed E-state index contributed by atoms with van der Waals surface area (Å²) >= 11 is 12.2. The molecule has 1 atom stereocenters. The maximum atomic E-state index is 12.5. The molecule has 0 aliphatic rings. The van der Waals surface area contributed by atoms with Crippen LogP contribution in [-0.4, -0.2) is 23.0 Å². The molecule has 2 aromatic rings. The van der Waals surface area contributed by atoms with E-state index < -0.39 is 0 Å². The number of amides is 1. The van der Waals surface area contributed by atoms with Crippen molar-refractivity contribution in [3.8, 4) is 5.75 Å². The number of hydrogen-bond acceptors (Lipinski definition) is 2. The van der Waals surface area contributed by atoms with Crippen LogP contribution in [0.2, 0.25) is 10.0 Å². The number of aromatic hydroxyl groups is 1. The maximum absolute atomic E-state index is 12.5. The summed E-state index contributed by atoms with van der Waals surface area (Å²) in [6.07, 6.45) is 0. The third kappa shape index (κ3) is 3.31. The molecule has 2 aromatic carbocycles. The highest BCUT2D eigenvalue weighted by molar-refractivity contribution is 6.34. The summed E-state index contributed by atoms with van der Waals surface area (Å²) < 4.78 is 0. The lowest BCUT2D eigenvalue weighted by molar-refractivity contribution is 0.0742. The van der Waals surface area contributed by atoms with Gasteiger partial charge in [0.25, 0.3) is 5.91 Å². The first kappa shape index (κ1) is 15.7. The number of nitrogens with zero attached hydrogens (tertiary/aromatic N) is 1. The molecule has 3 nitrogen and oxygen atoms in total. The SMILES string of the molecule is CC(c1ccccc1Cl)N(C)C(=O)c1cc(O)ccc1Cl. The second kappa shape index (κ2) is 6.37. The molecule has 1 N–H and O–H groups in total. The molecular weight excluding hydrogens is 309 g/mol. The van der Waals surface area contributed by atoms with E-state index in [4.69, 9.17) is 23.2 Å². The minimum absolute atomic E-state index is 0.00143. The summed E-state index contributed by atoms with van der Waals surface area (Å²) in [6.45, 7) is 1.88. The molecule has 0 radical (unpaired) electrons. The third-order valence-electron chi connectivity index (χ3n) is 3.44. The summed E-state index contributed by atoms with van der Waals surface area (Å²) in [6, 6.07) is 11.5. The maximum Gasteiger partial charge on any atom is 0.255 e. The molecule has 0 aliphatic carbocycles. The van der Waals surface area contributed by atoms with Crippen molar-refractivity contribution in [3.63, 3.8) is 0 Å². The second-order valence-corrected chi connectivity index (χ2v) is 5.59. The summed E-state index contributed by atoms with van der Waals surface area (Å²) in [7, 11) is 1.68. The van der Waals surface area contributed by atoms with Gasteiger partial charge in [0.1, 0.15) is 5.75 Å². The van der Waals surface area contributed by atoms with Crippen LogP contribution in [0, 0.1) is 0 Å². The zero-order chi connectivity index (χ0) is 15.6. The minimum Gasteiger partial charge on any atom is -0.508 e. The van der Waals surface area contributed by atoms with Crippen molar-refractivity contribution < 1.29 is 9.90 Å². The van der Waals surface area contributed by atoms with Gasteiger partial charge in [0, 0.05) is 12.1 Å². The van der Waals surface area contributed by atoms with Crippen molar-refractivity contribution in [3.05, 3.63) is 63.6 Å². The van der Waals surface area contributed by atoms with Gasteiger partial charge in [-0.3, -0.25) is 4.79 Å². The molecule has 0 fully saturated rings. The van der Waals surface area contributed by atoms with E-state index in [2.05, 4.69) is 0 Å². The molecule has 0 spiro atoms. The number of halogens is 2. The van der Waals surface area contributed by atoms with Gasteiger partial charge in [-0.2, -0.15) is 0 Å². The number of carbonyl (C=O) groups excluding carboxylic acids is 1. The van der Waals surface area contributed by atoms with Gasteiger partial charge < -0.3 is 10.0 Å². The van der Waals surface area contributed by atoms with Crippen molar-refractivity contribution >= 4 is 29.1 Å². The van der Waals surface area contributed by atoms with Gasteiger partial charge in [-0.15, -0.1) is 0 Å².